The van der Waals surface area contributed by atoms with Crippen molar-refractivity contribution < 1.29 is 23.9 Å². The summed E-state index contributed by atoms with van der Waals surface area (Å²) in [5.41, 5.74) is 0.646. The SMILES string of the molecule is CCCOc1ccc(CNC(=O)COc2ccccc2[N+](=O)[O-])cc1OC. The summed E-state index contributed by atoms with van der Waals surface area (Å²) in [5.74, 6) is 0.899. The van der Waals surface area contributed by atoms with Crippen LogP contribution in [-0.2, 0) is 11.3 Å². The van der Waals surface area contributed by atoms with Crippen LogP contribution in [0.25, 0.3) is 0 Å². The number of benzene rings is 2. The number of methoxy groups -OCH3 is 1. The molecule has 1 amide bonds. The lowest BCUT2D eigenvalue weighted by Gasteiger charge is -2.12. The Morgan fingerprint density at radius 2 is 1.89 bits per heavy atom. The van der Waals surface area contributed by atoms with Gasteiger partial charge in [0.15, 0.2) is 23.9 Å². The molecule has 144 valence electrons. The first kappa shape index (κ1) is 20.0. The van der Waals surface area contributed by atoms with Crippen LogP contribution < -0.4 is 19.5 Å². The van der Waals surface area contributed by atoms with Gasteiger partial charge < -0.3 is 19.5 Å². The summed E-state index contributed by atoms with van der Waals surface area (Å²) in [6, 6.07) is 11.3. The number of hydrogen-bond donors (Lipinski definition) is 1. The molecule has 0 aliphatic heterocycles. The van der Waals surface area contributed by atoms with E-state index >= 15 is 0 Å². The van der Waals surface area contributed by atoms with Crippen molar-refractivity contribution in [1.29, 1.82) is 0 Å². The van der Waals surface area contributed by atoms with Crippen molar-refractivity contribution in [2.45, 2.75) is 19.9 Å². The van der Waals surface area contributed by atoms with Crippen LogP contribution in [0.3, 0.4) is 0 Å². The third-order valence-corrected chi connectivity index (χ3v) is 3.60. The van der Waals surface area contributed by atoms with Gasteiger partial charge >= 0.3 is 5.69 Å². The van der Waals surface area contributed by atoms with Crippen molar-refractivity contribution in [3.63, 3.8) is 0 Å². The quantitative estimate of drug-likeness (QED) is 0.507. The lowest BCUT2D eigenvalue weighted by Crippen LogP contribution is -2.28. The Balaban J connectivity index is 1.89. The zero-order valence-electron chi connectivity index (χ0n) is 15.3. The summed E-state index contributed by atoms with van der Waals surface area (Å²) in [6.45, 7) is 2.56. The third kappa shape index (κ3) is 5.88. The minimum atomic E-state index is -0.554. The Bertz CT molecular complexity index is 794. The number of nitrogens with zero attached hydrogens (tertiary/aromatic N) is 1. The summed E-state index contributed by atoms with van der Waals surface area (Å²) in [4.78, 5) is 22.4. The third-order valence-electron chi connectivity index (χ3n) is 3.60. The molecule has 2 rings (SSSR count). The van der Waals surface area contributed by atoms with Gasteiger partial charge in [-0.15, -0.1) is 0 Å². The molecule has 0 saturated heterocycles. The van der Waals surface area contributed by atoms with Crippen LogP contribution in [0.5, 0.6) is 17.2 Å². The highest BCUT2D eigenvalue weighted by atomic mass is 16.6. The van der Waals surface area contributed by atoms with E-state index in [9.17, 15) is 14.9 Å². The zero-order chi connectivity index (χ0) is 19.6. The number of amides is 1. The van der Waals surface area contributed by atoms with E-state index in [1.165, 1.54) is 18.2 Å². The number of hydrogen-bond acceptors (Lipinski definition) is 6. The van der Waals surface area contributed by atoms with Crippen molar-refractivity contribution in [2.75, 3.05) is 20.3 Å². The van der Waals surface area contributed by atoms with Gasteiger partial charge in [0.05, 0.1) is 18.6 Å². The van der Waals surface area contributed by atoms with E-state index in [1.54, 1.807) is 25.3 Å². The average Bonchev–Trinajstić information content (AvgIpc) is 2.69. The molecule has 0 bridgehead atoms. The molecular formula is C19H22N2O6. The Morgan fingerprint density at radius 3 is 2.59 bits per heavy atom. The van der Waals surface area contributed by atoms with E-state index in [1.807, 2.05) is 13.0 Å². The molecule has 8 heteroatoms. The monoisotopic (exact) mass is 374 g/mol. The predicted molar refractivity (Wildman–Crippen MR) is 99.2 cm³/mol. The number of rotatable bonds is 10. The Labute approximate surface area is 157 Å². The first-order valence-electron chi connectivity index (χ1n) is 8.47. The lowest BCUT2D eigenvalue weighted by atomic mass is 10.2. The first-order valence-corrected chi connectivity index (χ1v) is 8.47. The van der Waals surface area contributed by atoms with Crippen LogP contribution in [0, 0.1) is 10.1 Å². The van der Waals surface area contributed by atoms with E-state index in [4.69, 9.17) is 14.2 Å². The number of ether oxygens (including phenoxy) is 3. The topological polar surface area (TPSA) is 99.9 Å². The summed E-state index contributed by atoms with van der Waals surface area (Å²) in [7, 11) is 1.55. The molecular weight excluding hydrogens is 352 g/mol. The average molecular weight is 374 g/mol. The minimum Gasteiger partial charge on any atom is -0.493 e. The second kappa shape index (κ2) is 10.0. The molecule has 27 heavy (non-hydrogen) atoms. The Hall–Kier alpha value is -3.29. The van der Waals surface area contributed by atoms with Gasteiger partial charge in [-0.2, -0.15) is 0 Å². The molecule has 0 atom stereocenters. The van der Waals surface area contributed by atoms with Gasteiger partial charge in [0, 0.05) is 12.6 Å². The summed E-state index contributed by atoms with van der Waals surface area (Å²) in [5, 5.41) is 13.6. The van der Waals surface area contributed by atoms with Gasteiger partial charge in [-0.05, 0) is 30.2 Å². The molecule has 0 heterocycles. The summed E-state index contributed by atoms with van der Waals surface area (Å²) >= 11 is 0. The van der Waals surface area contributed by atoms with Gasteiger partial charge in [-0.25, -0.2) is 0 Å². The van der Waals surface area contributed by atoms with Crippen LogP contribution in [0.4, 0.5) is 5.69 Å². The molecule has 2 aromatic rings. The number of nitro groups is 1. The highest BCUT2D eigenvalue weighted by Gasteiger charge is 2.15. The molecule has 8 nitrogen and oxygen atoms in total. The maximum absolute atomic E-state index is 12.0. The molecule has 1 N–H and O–H groups in total. The van der Waals surface area contributed by atoms with Gasteiger partial charge in [0.1, 0.15) is 0 Å². The Kier molecular flexibility index (Phi) is 7.42. The molecule has 0 spiro atoms. The fourth-order valence-corrected chi connectivity index (χ4v) is 2.28. The fraction of sp³-hybridized carbons (Fsp3) is 0.316. The molecule has 0 saturated carbocycles. The fourth-order valence-electron chi connectivity index (χ4n) is 2.28. The van der Waals surface area contributed by atoms with Gasteiger partial charge in [-0.1, -0.05) is 25.1 Å². The molecule has 2 aromatic carbocycles. The smallest absolute Gasteiger partial charge is 0.310 e. The van der Waals surface area contributed by atoms with Crippen molar-refractivity contribution in [3.8, 4) is 17.2 Å². The van der Waals surface area contributed by atoms with E-state index in [0.717, 1.165) is 12.0 Å². The van der Waals surface area contributed by atoms with E-state index in [-0.39, 0.29) is 24.6 Å². The van der Waals surface area contributed by atoms with E-state index in [0.29, 0.717) is 18.1 Å². The summed E-state index contributed by atoms with van der Waals surface area (Å²) < 4.78 is 16.2. The standard InChI is InChI=1S/C19H22N2O6/c1-3-10-26-17-9-8-14(11-18(17)25-2)12-20-19(22)13-27-16-7-5-4-6-15(16)21(23)24/h4-9,11H,3,10,12-13H2,1-2H3,(H,20,22). The second-order valence-electron chi connectivity index (χ2n) is 5.62. The van der Waals surface area contributed by atoms with Crippen LogP contribution >= 0.6 is 0 Å². The molecule has 0 aliphatic carbocycles. The van der Waals surface area contributed by atoms with E-state index < -0.39 is 10.8 Å². The van der Waals surface area contributed by atoms with Gasteiger partial charge in [0.2, 0.25) is 0 Å². The molecule has 0 fully saturated rings. The second-order valence-corrected chi connectivity index (χ2v) is 5.62. The first-order chi connectivity index (χ1) is 13.0. The lowest BCUT2D eigenvalue weighted by molar-refractivity contribution is -0.385. The maximum atomic E-state index is 12.0. The summed E-state index contributed by atoms with van der Waals surface area (Å²) in [6.07, 6.45) is 0.889. The zero-order valence-corrected chi connectivity index (χ0v) is 15.3. The molecule has 0 radical (unpaired) electrons. The number of para-hydroxylation sites is 2. The Morgan fingerprint density at radius 1 is 1.11 bits per heavy atom. The van der Waals surface area contributed by atoms with Crippen molar-refractivity contribution in [1.82, 2.24) is 5.32 Å². The normalized spacial score (nSPS) is 10.1. The highest BCUT2D eigenvalue weighted by molar-refractivity contribution is 5.77. The number of nitro benzene ring substituents is 1. The predicted octanol–water partition coefficient (Wildman–Crippen LogP) is 3.09. The molecule has 0 aromatic heterocycles. The number of carbonyl (C=O) groups excluding carboxylic acids is 1. The van der Waals surface area contributed by atoms with Crippen LogP contribution in [0.1, 0.15) is 18.9 Å². The molecule has 0 unspecified atom stereocenters. The van der Waals surface area contributed by atoms with Crippen LogP contribution in [-0.4, -0.2) is 31.2 Å². The van der Waals surface area contributed by atoms with Crippen LogP contribution in [0.2, 0.25) is 0 Å². The van der Waals surface area contributed by atoms with E-state index in [2.05, 4.69) is 5.32 Å². The highest BCUT2D eigenvalue weighted by Crippen LogP contribution is 2.28. The number of nitrogens with one attached hydrogen (secondary N) is 1. The minimum absolute atomic E-state index is 0.0525. The van der Waals surface area contributed by atoms with Gasteiger partial charge in [0.25, 0.3) is 5.91 Å². The molecule has 0 aliphatic rings. The number of carbonyl (C=O) groups is 1. The van der Waals surface area contributed by atoms with Crippen molar-refractivity contribution >= 4 is 11.6 Å². The largest absolute Gasteiger partial charge is 0.493 e. The van der Waals surface area contributed by atoms with Gasteiger partial charge in [-0.3, -0.25) is 14.9 Å². The maximum Gasteiger partial charge on any atom is 0.310 e. The van der Waals surface area contributed by atoms with Crippen molar-refractivity contribution in [3.05, 3.63) is 58.1 Å². The van der Waals surface area contributed by atoms with Crippen LogP contribution in [0.15, 0.2) is 42.5 Å². The van der Waals surface area contributed by atoms with Crippen molar-refractivity contribution in [2.24, 2.45) is 0 Å².